The van der Waals surface area contributed by atoms with Gasteiger partial charge in [-0.1, -0.05) is 13.3 Å². The standard InChI is InChI=1S/C10H17NO2/c1-4-7-5-9(12)11-8(7)6-13-10(11,2)3/h7-8H,4-6H2,1-3H3/t7-,8?/m0/s1. The summed E-state index contributed by atoms with van der Waals surface area (Å²) in [5.41, 5.74) is -0.369. The van der Waals surface area contributed by atoms with Gasteiger partial charge in [0, 0.05) is 6.42 Å². The number of hydrogen-bond donors (Lipinski definition) is 0. The molecule has 0 aliphatic carbocycles. The van der Waals surface area contributed by atoms with Crippen LogP contribution in [0.1, 0.15) is 33.6 Å². The van der Waals surface area contributed by atoms with Gasteiger partial charge in [-0.05, 0) is 19.8 Å². The number of hydrogen-bond acceptors (Lipinski definition) is 2. The Bertz CT molecular complexity index is 237. The summed E-state index contributed by atoms with van der Waals surface area (Å²) < 4.78 is 5.61. The first-order chi connectivity index (χ1) is 6.06. The summed E-state index contributed by atoms with van der Waals surface area (Å²) in [6, 6.07) is 0.340. The summed E-state index contributed by atoms with van der Waals surface area (Å²) in [5.74, 6) is 0.772. The molecule has 2 atom stereocenters. The van der Waals surface area contributed by atoms with Crippen molar-refractivity contribution in [3.63, 3.8) is 0 Å². The van der Waals surface area contributed by atoms with E-state index in [1.54, 1.807) is 0 Å². The zero-order valence-corrected chi connectivity index (χ0v) is 8.54. The van der Waals surface area contributed by atoms with Crippen LogP contribution in [0.25, 0.3) is 0 Å². The third-order valence-corrected chi connectivity index (χ3v) is 3.29. The summed E-state index contributed by atoms with van der Waals surface area (Å²) in [5, 5.41) is 0. The van der Waals surface area contributed by atoms with Gasteiger partial charge in [-0.2, -0.15) is 0 Å². The molecule has 0 aromatic heterocycles. The predicted octanol–water partition coefficient (Wildman–Crippen LogP) is 1.38. The Balaban J connectivity index is 2.24. The van der Waals surface area contributed by atoms with E-state index < -0.39 is 0 Å². The van der Waals surface area contributed by atoms with Gasteiger partial charge < -0.3 is 9.64 Å². The van der Waals surface area contributed by atoms with E-state index in [1.807, 2.05) is 18.7 Å². The topological polar surface area (TPSA) is 29.5 Å². The van der Waals surface area contributed by atoms with Crippen molar-refractivity contribution in [1.29, 1.82) is 0 Å². The molecule has 2 saturated heterocycles. The lowest BCUT2D eigenvalue weighted by Crippen LogP contribution is -2.43. The van der Waals surface area contributed by atoms with E-state index >= 15 is 0 Å². The van der Waals surface area contributed by atoms with Gasteiger partial charge in [0.05, 0.1) is 12.6 Å². The molecular weight excluding hydrogens is 166 g/mol. The SMILES string of the molecule is CC[C@H]1CC(=O)N2C1COC2(C)C. The molecule has 13 heavy (non-hydrogen) atoms. The average Bonchev–Trinajstić information content (AvgIpc) is 2.53. The number of nitrogens with zero attached hydrogens (tertiary/aromatic N) is 1. The lowest BCUT2D eigenvalue weighted by Gasteiger charge is -2.29. The van der Waals surface area contributed by atoms with Gasteiger partial charge in [0.25, 0.3) is 0 Å². The lowest BCUT2D eigenvalue weighted by atomic mass is 9.98. The highest BCUT2D eigenvalue weighted by atomic mass is 16.5. The van der Waals surface area contributed by atoms with Crippen molar-refractivity contribution < 1.29 is 9.53 Å². The first-order valence-corrected chi connectivity index (χ1v) is 5.02. The van der Waals surface area contributed by atoms with Crippen LogP contribution in [0.2, 0.25) is 0 Å². The van der Waals surface area contributed by atoms with Crippen LogP contribution in [0, 0.1) is 5.92 Å². The van der Waals surface area contributed by atoms with Gasteiger partial charge >= 0.3 is 0 Å². The number of carbonyl (C=O) groups excluding carboxylic acids is 1. The maximum Gasteiger partial charge on any atom is 0.225 e. The molecule has 2 rings (SSSR count). The zero-order chi connectivity index (χ0) is 9.64. The third-order valence-electron chi connectivity index (χ3n) is 3.29. The summed E-state index contributed by atoms with van der Waals surface area (Å²) in [6.07, 6.45) is 1.79. The summed E-state index contributed by atoms with van der Waals surface area (Å²) in [4.78, 5) is 13.6. The zero-order valence-electron chi connectivity index (χ0n) is 8.54. The molecule has 0 saturated carbocycles. The molecule has 2 aliphatic heterocycles. The van der Waals surface area contributed by atoms with E-state index in [-0.39, 0.29) is 11.6 Å². The first kappa shape index (κ1) is 9.00. The van der Waals surface area contributed by atoms with Gasteiger partial charge in [0.15, 0.2) is 0 Å². The Morgan fingerprint density at radius 1 is 1.62 bits per heavy atom. The molecule has 0 N–H and O–H groups in total. The summed E-state index contributed by atoms with van der Waals surface area (Å²) in [6.45, 7) is 6.82. The van der Waals surface area contributed by atoms with Crippen LogP contribution in [0.3, 0.4) is 0 Å². The molecule has 3 nitrogen and oxygen atoms in total. The second kappa shape index (κ2) is 2.71. The first-order valence-electron chi connectivity index (χ1n) is 5.02. The third kappa shape index (κ3) is 1.17. The highest BCUT2D eigenvalue weighted by Crippen LogP contribution is 2.39. The number of carbonyl (C=O) groups is 1. The van der Waals surface area contributed by atoms with E-state index in [0.29, 0.717) is 18.4 Å². The molecular formula is C10H17NO2. The van der Waals surface area contributed by atoms with Crippen LogP contribution in [-0.4, -0.2) is 29.2 Å². The molecule has 74 valence electrons. The fraction of sp³-hybridized carbons (Fsp3) is 0.900. The smallest absolute Gasteiger partial charge is 0.225 e. The number of rotatable bonds is 1. The van der Waals surface area contributed by atoms with Crippen LogP contribution in [0.15, 0.2) is 0 Å². The van der Waals surface area contributed by atoms with Crippen LogP contribution < -0.4 is 0 Å². The van der Waals surface area contributed by atoms with Gasteiger partial charge in [0.1, 0.15) is 5.72 Å². The fourth-order valence-electron chi connectivity index (χ4n) is 2.54. The van der Waals surface area contributed by atoms with Crippen LogP contribution in [0.5, 0.6) is 0 Å². The number of amides is 1. The molecule has 2 aliphatic rings. The Morgan fingerprint density at radius 2 is 2.31 bits per heavy atom. The van der Waals surface area contributed by atoms with Crippen LogP contribution in [0.4, 0.5) is 0 Å². The molecule has 0 aromatic carbocycles. The van der Waals surface area contributed by atoms with Crippen molar-refractivity contribution in [3.8, 4) is 0 Å². The van der Waals surface area contributed by atoms with E-state index in [1.165, 1.54) is 0 Å². The number of fused-ring (bicyclic) bond motifs is 1. The van der Waals surface area contributed by atoms with Gasteiger partial charge in [-0.25, -0.2) is 0 Å². The van der Waals surface area contributed by atoms with Crippen molar-refractivity contribution in [2.45, 2.75) is 45.4 Å². The van der Waals surface area contributed by atoms with E-state index in [2.05, 4.69) is 6.92 Å². The van der Waals surface area contributed by atoms with Crippen LogP contribution >= 0.6 is 0 Å². The lowest BCUT2D eigenvalue weighted by molar-refractivity contribution is -0.141. The van der Waals surface area contributed by atoms with E-state index in [9.17, 15) is 4.79 Å². The van der Waals surface area contributed by atoms with Gasteiger partial charge in [0.2, 0.25) is 5.91 Å². The highest BCUT2D eigenvalue weighted by Gasteiger charge is 2.51. The van der Waals surface area contributed by atoms with Crippen molar-refractivity contribution in [3.05, 3.63) is 0 Å². The summed E-state index contributed by atoms with van der Waals surface area (Å²) in [7, 11) is 0. The Labute approximate surface area is 79.0 Å². The largest absolute Gasteiger partial charge is 0.354 e. The quantitative estimate of drug-likeness (QED) is 0.614. The van der Waals surface area contributed by atoms with Crippen molar-refractivity contribution in [1.82, 2.24) is 4.90 Å². The predicted molar refractivity (Wildman–Crippen MR) is 49.1 cm³/mol. The fourth-order valence-corrected chi connectivity index (χ4v) is 2.54. The second-order valence-corrected chi connectivity index (χ2v) is 4.46. The average molecular weight is 183 g/mol. The van der Waals surface area contributed by atoms with E-state index in [4.69, 9.17) is 4.74 Å². The Kier molecular flexibility index (Phi) is 1.88. The Morgan fingerprint density at radius 3 is 2.92 bits per heavy atom. The molecule has 2 heterocycles. The molecule has 1 unspecified atom stereocenters. The minimum Gasteiger partial charge on any atom is -0.354 e. The van der Waals surface area contributed by atoms with Gasteiger partial charge in [-0.3, -0.25) is 4.79 Å². The molecule has 0 radical (unpaired) electrons. The molecule has 3 heteroatoms. The normalized spacial score (nSPS) is 36.8. The maximum absolute atomic E-state index is 11.7. The molecule has 1 amide bonds. The van der Waals surface area contributed by atoms with E-state index in [0.717, 1.165) is 13.0 Å². The van der Waals surface area contributed by atoms with Crippen molar-refractivity contribution in [2.24, 2.45) is 5.92 Å². The second-order valence-electron chi connectivity index (χ2n) is 4.46. The molecule has 0 spiro atoms. The molecule has 0 aromatic rings. The van der Waals surface area contributed by atoms with Crippen molar-refractivity contribution in [2.75, 3.05) is 6.61 Å². The van der Waals surface area contributed by atoms with Crippen molar-refractivity contribution >= 4 is 5.91 Å². The summed E-state index contributed by atoms with van der Waals surface area (Å²) >= 11 is 0. The minimum absolute atomic E-state index is 0.263. The highest BCUT2D eigenvalue weighted by molar-refractivity contribution is 5.80. The molecule has 2 fully saturated rings. The molecule has 0 bridgehead atoms. The van der Waals surface area contributed by atoms with Crippen LogP contribution in [-0.2, 0) is 9.53 Å². The maximum atomic E-state index is 11.7. The number of ether oxygens (including phenoxy) is 1. The van der Waals surface area contributed by atoms with Gasteiger partial charge in [-0.15, -0.1) is 0 Å². The Hall–Kier alpha value is -0.570. The minimum atomic E-state index is -0.369. The monoisotopic (exact) mass is 183 g/mol.